The highest BCUT2D eigenvalue weighted by Gasteiger charge is 2.17. The molecule has 0 spiro atoms. The van der Waals surface area contributed by atoms with Gasteiger partial charge in [0.05, 0.1) is 19.2 Å². The van der Waals surface area contributed by atoms with Crippen LogP contribution in [0, 0.1) is 13.8 Å². The molecule has 3 heterocycles. The van der Waals surface area contributed by atoms with Crippen molar-refractivity contribution < 1.29 is 14.1 Å². The van der Waals surface area contributed by atoms with Crippen LogP contribution >= 0.6 is 11.3 Å². The Hall–Kier alpha value is -3.72. The lowest BCUT2D eigenvalue weighted by Gasteiger charge is -2.02. The molecule has 0 unspecified atom stereocenters. The Morgan fingerprint density at radius 1 is 1.23 bits per heavy atom. The van der Waals surface area contributed by atoms with Crippen LogP contribution in [0.4, 0.5) is 5.95 Å². The normalized spacial score (nSPS) is 11.3. The summed E-state index contributed by atoms with van der Waals surface area (Å²) < 4.78 is 12.3. The summed E-state index contributed by atoms with van der Waals surface area (Å²) in [4.78, 5) is 17.8. The third-order valence-corrected chi connectivity index (χ3v) is 5.85. The topological polar surface area (TPSA) is 94.5 Å². The van der Waals surface area contributed by atoms with Crippen LogP contribution in [-0.2, 0) is 11.2 Å². The fourth-order valence-corrected chi connectivity index (χ4v) is 4.49. The van der Waals surface area contributed by atoms with Gasteiger partial charge in [0, 0.05) is 16.3 Å². The van der Waals surface area contributed by atoms with Crippen molar-refractivity contribution in [1.29, 1.82) is 0 Å². The van der Waals surface area contributed by atoms with Crippen molar-refractivity contribution in [2.45, 2.75) is 20.3 Å². The maximum Gasteiger partial charge on any atom is 0.250 e. The smallest absolute Gasteiger partial charge is 0.250 e. The van der Waals surface area contributed by atoms with E-state index in [1.807, 2.05) is 55.6 Å². The minimum Gasteiger partial charge on any atom is -0.497 e. The molecule has 31 heavy (non-hydrogen) atoms. The fraction of sp³-hybridized carbons (Fsp3) is 0.182. The molecule has 0 saturated carbocycles. The fourth-order valence-electron chi connectivity index (χ4n) is 3.66. The lowest BCUT2D eigenvalue weighted by atomic mass is 10.0. The van der Waals surface area contributed by atoms with E-state index in [9.17, 15) is 4.79 Å². The Balaban J connectivity index is 1.37. The van der Waals surface area contributed by atoms with Gasteiger partial charge < -0.3 is 9.26 Å². The summed E-state index contributed by atoms with van der Waals surface area (Å²) in [6, 6.07) is 11.7. The Labute approximate surface area is 181 Å². The van der Waals surface area contributed by atoms with E-state index in [4.69, 9.17) is 9.26 Å². The molecule has 0 atom stereocenters. The molecule has 0 saturated heterocycles. The number of ether oxygens (including phenoxy) is 1. The Kier molecular flexibility index (Phi) is 4.67. The summed E-state index contributed by atoms with van der Waals surface area (Å²) >= 11 is 1.46. The van der Waals surface area contributed by atoms with Crippen LogP contribution in [0.2, 0.25) is 0 Å². The van der Waals surface area contributed by atoms with Crippen LogP contribution in [0.15, 0.2) is 46.3 Å². The molecule has 0 aliphatic heterocycles. The quantitative estimate of drug-likeness (QED) is 0.441. The van der Waals surface area contributed by atoms with E-state index < -0.39 is 0 Å². The van der Waals surface area contributed by atoms with Crippen molar-refractivity contribution in [2.75, 3.05) is 12.4 Å². The number of anilines is 1. The number of benzene rings is 2. The highest BCUT2D eigenvalue weighted by molar-refractivity contribution is 7.15. The SMILES string of the molecule is COc1ccc(-c2csc3nc(NC(=O)Cc4noc5cc(C)cc(C)c45)nn23)cc1. The van der Waals surface area contributed by atoms with Gasteiger partial charge in [-0.25, -0.2) is 4.52 Å². The Bertz CT molecular complexity index is 1410. The van der Waals surface area contributed by atoms with E-state index in [2.05, 4.69) is 20.6 Å². The molecule has 3 aromatic heterocycles. The predicted octanol–water partition coefficient (Wildman–Crippen LogP) is 4.41. The molecule has 1 amide bonds. The number of thiazole rings is 1. The number of hydrogen-bond acceptors (Lipinski definition) is 7. The van der Waals surface area contributed by atoms with E-state index in [1.165, 1.54) is 11.3 Å². The maximum atomic E-state index is 12.6. The van der Waals surface area contributed by atoms with Crippen LogP contribution in [0.5, 0.6) is 5.75 Å². The molecular formula is C22H19N5O3S. The zero-order valence-corrected chi connectivity index (χ0v) is 18.0. The number of methoxy groups -OCH3 is 1. The van der Waals surface area contributed by atoms with Gasteiger partial charge in [-0.05, 0) is 55.3 Å². The second-order valence-electron chi connectivity index (χ2n) is 7.29. The van der Waals surface area contributed by atoms with Crippen LogP contribution in [-0.4, -0.2) is 32.8 Å². The van der Waals surface area contributed by atoms with Gasteiger partial charge in [-0.15, -0.1) is 16.4 Å². The van der Waals surface area contributed by atoms with Crippen molar-refractivity contribution in [1.82, 2.24) is 19.8 Å². The van der Waals surface area contributed by atoms with Gasteiger partial charge in [-0.1, -0.05) is 11.2 Å². The first-order chi connectivity index (χ1) is 15.0. The number of aromatic nitrogens is 4. The van der Waals surface area contributed by atoms with Crippen LogP contribution in [0.25, 0.3) is 27.2 Å². The third-order valence-electron chi connectivity index (χ3n) is 5.03. The second-order valence-corrected chi connectivity index (χ2v) is 8.12. The van der Waals surface area contributed by atoms with E-state index in [0.717, 1.165) is 33.5 Å². The largest absolute Gasteiger partial charge is 0.497 e. The number of fused-ring (bicyclic) bond motifs is 2. The highest BCUT2D eigenvalue weighted by atomic mass is 32.1. The maximum absolute atomic E-state index is 12.6. The zero-order valence-electron chi connectivity index (χ0n) is 17.2. The number of aryl methyl sites for hydroxylation is 2. The van der Waals surface area contributed by atoms with Gasteiger partial charge in [-0.3, -0.25) is 10.1 Å². The van der Waals surface area contributed by atoms with E-state index >= 15 is 0 Å². The van der Waals surface area contributed by atoms with Crippen molar-refractivity contribution >= 4 is 39.1 Å². The first-order valence-electron chi connectivity index (χ1n) is 9.66. The number of carbonyl (C=O) groups is 1. The van der Waals surface area contributed by atoms with Crippen LogP contribution in [0.1, 0.15) is 16.8 Å². The van der Waals surface area contributed by atoms with Crippen LogP contribution < -0.4 is 10.1 Å². The van der Waals surface area contributed by atoms with Gasteiger partial charge in [0.2, 0.25) is 16.8 Å². The summed E-state index contributed by atoms with van der Waals surface area (Å²) in [5.41, 5.74) is 5.28. The third kappa shape index (κ3) is 3.53. The van der Waals surface area contributed by atoms with Gasteiger partial charge in [0.1, 0.15) is 11.4 Å². The number of rotatable bonds is 5. The van der Waals surface area contributed by atoms with Gasteiger partial charge in [0.15, 0.2) is 5.58 Å². The summed E-state index contributed by atoms with van der Waals surface area (Å²) in [5.74, 6) is 0.791. The molecule has 0 aliphatic rings. The van der Waals surface area contributed by atoms with Crippen LogP contribution in [0.3, 0.4) is 0 Å². The summed E-state index contributed by atoms with van der Waals surface area (Å²) in [6.07, 6.45) is 0.0785. The molecular weight excluding hydrogens is 414 g/mol. The number of amides is 1. The van der Waals surface area contributed by atoms with Crippen molar-refractivity contribution in [3.05, 3.63) is 58.6 Å². The van der Waals surface area contributed by atoms with Crippen molar-refractivity contribution in [3.63, 3.8) is 0 Å². The molecule has 0 fully saturated rings. The van der Waals surface area contributed by atoms with Gasteiger partial charge >= 0.3 is 0 Å². The first kappa shape index (κ1) is 19.3. The average molecular weight is 433 g/mol. The average Bonchev–Trinajstić information content (AvgIpc) is 3.42. The number of carbonyl (C=O) groups excluding carboxylic acids is 1. The lowest BCUT2D eigenvalue weighted by Crippen LogP contribution is -2.16. The van der Waals surface area contributed by atoms with Gasteiger partial charge in [0.25, 0.3) is 0 Å². The number of nitrogens with one attached hydrogen (secondary N) is 1. The molecule has 9 heteroatoms. The Morgan fingerprint density at radius 3 is 2.81 bits per heavy atom. The molecule has 5 aromatic rings. The molecule has 8 nitrogen and oxygen atoms in total. The summed E-state index contributed by atoms with van der Waals surface area (Å²) in [5, 5.41) is 14.2. The van der Waals surface area contributed by atoms with E-state index in [-0.39, 0.29) is 18.3 Å². The zero-order chi connectivity index (χ0) is 21.5. The molecule has 1 N–H and O–H groups in total. The molecule has 2 aromatic carbocycles. The van der Waals surface area contributed by atoms with Gasteiger partial charge in [-0.2, -0.15) is 4.98 Å². The highest BCUT2D eigenvalue weighted by Crippen LogP contribution is 2.28. The standard InChI is InChI=1S/C22H19N5O3S/c1-12-8-13(2)20-16(26-30-18(20)9-12)10-19(28)23-21-24-22-27(25-21)17(11-31-22)14-4-6-15(29-3)7-5-14/h4-9,11H,10H2,1-3H3,(H,23,25,28). The molecule has 5 rings (SSSR count). The van der Waals surface area contributed by atoms with Crippen molar-refractivity contribution in [3.8, 4) is 17.0 Å². The Morgan fingerprint density at radius 2 is 2.03 bits per heavy atom. The second kappa shape index (κ2) is 7.51. The predicted molar refractivity (Wildman–Crippen MR) is 119 cm³/mol. The number of nitrogens with zero attached hydrogens (tertiary/aromatic N) is 4. The number of hydrogen-bond donors (Lipinski definition) is 1. The summed E-state index contributed by atoms with van der Waals surface area (Å²) in [6.45, 7) is 3.98. The summed E-state index contributed by atoms with van der Waals surface area (Å²) in [7, 11) is 1.63. The lowest BCUT2D eigenvalue weighted by molar-refractivity contribution is -0.115. The molecule has 0 bridgehead atoms. The molecule has 0 radical (unpaired) electrons. The monoisotopic (exact) mass is 433 g/mol. The first-order valence-corrected chi connectivity index (χ1v) is 10.5. The van der Waals surface area contributed by atoms with E-state index in [0.29, 0.717) is 16.2 Å². The van der Waals surface area contributed by atoms with E-state index in [1.54, 1.807) is 11.6 Å². The minimum absolute atomic E-state index is 0.0785. The molecule has 156 valence electrons. The van der Waals surface area contributed by atoms with Crippen molar-refractivity contribution in [2.24, 2.45) is 0 Å². The minimum atomic E-state index is -0.251. The molecule has 0 aliphatic carbocycles.